The summed E-state index contributed by atoms with van der Waals surface area (Å²) in [4.78, 5) is 27.5. The first kappa shape index (κ1) is 25.0. The summed E-state index contributed by atoms with van der Waals surface area (Å²) < 4.78 is 16.3. The molecule has 174 valence electrons. The molecule has 0 spiro atoms. The van der Waals surface area contributed by atoms with Crippen molar-refractivity contribution in [1.82, 2.24) is 10.2 Å². The Hall–Kier alpha value is -3.22. The van der Waals surface area contributed by atoms with Gasteiger partial charge in [0.1, 0.15) is 23.3 Å². The Bertz CT molecular complexity index is 893. The number of benzene rings is 2. The number of amides is 2. The minimum absolute atomic E-state index is 0.0286. The van der Waals surface area contributed by atoms with E-state index in [0.717, 1.165) is 17.5 Å². The maximum absolute atomic E-state index is 13.2. The minimum atomic E-state index is -0.653. The van der Waals surface area contributed by atoms with Gasteiger partial charge in [0.15, 0.2) is 6.61 Å². The van der Waals surface area contributed by atoms with Crippen LogP contribution in [-0.4, -0.2) is 49.6 Å². The topological polar surface area (TPSA) is 77.1 Å². The normalized spacial score (nSPS) is 12.4. The smallest absolute Gasteiger partial charge is 0.261 e. The number of carbonyl (C=O) groups excluding carboxylic acids is 2. The number of methoxy groups -OCH3 is 2. The molecule has 0 aliphatic heterocycles. The third kappa shape index (κ3) is 6.90. The summed E-state index contributed by atoms with van der Waals surface area (Å²) in [7, 11) is 3.09. The Morgan fingerprint density at radius 3 is 2.16 bits per heavy atom. The van der Waals surface area contributed by atoms with Gasteiger partial charge < -0.3 is 24.4 Å². The second-order valence-electron chi connectivity index (χ2n) is 7.78. The monoisotopic (exact) mass is 442 g/mol. The van der Waals surface area contributed by atoms with Crippen LogP contribution in [0.3, 0.4) is 0 Å². The molecule has 0 saturated heterocycles. The number of hydrogen-bond acceptors (Lipinski definition) is 5. The summed E-state index contributed by atoms with van der Waals surface area (Å²) in [5.74, 6) is 1.09. The van der Waals surface area contributed by atoms with Crippen LogP contribution in [0, 0.1) is 6.92 Å². The van der Waals surface area contributed by atoms with Crippen molar-refractivity contribution in [3.8, 4) is 17.2 Å². The first-order valence-electron chi connectivity index (χ1n) is 10.8. The van der Waals surface area contributed by atoms with Crippen molar-refractivity contribution in [1.29, 1.82) is 0 Å². The second-order valence-corrected chi connectivity index (χ2v) is 7.78. The van der Waals surface area contributed by atoms with Crippen molar-refractivity contribution in [2.24, 2.45) is 0 Å². The fraction of sp³-hybridized carbons (Fsp3) is 0.440. The first-order chi connectivity index (χ1) is 15.3. The highest BCUT2D eigenvalue weighted by molar-refractivity contribution is 5.88. The van der Waals surface area contributed by atoms with Crippen LogP contribution in [0.4, 0.5) is 0 Å². The number of carbonyl (C=O) groups is 2. The van der Waals surface area contributed by atoms with Gasteiger partial charge in [0, 0.05) is 30.8 Å². The maximum Gasteiger partial charge on any atom is 0.261 e. The first-order valence-corrected chi connectivity index (χ1v) is 10.8. The molecule has 0 aromatic heterocycles. The minimum Gasteiger partial charge on any atom is -0.496 e. The van der Waals surface area contributed by atoms with Gasteiger partial charge in [0.05, 0.1) is 14.2 Å². The van der Waals surface area contributed by atoms with Crippen molar-refractivity contribution in [2.75, 3.05) is 20.8 Å². The van der Waals surface area contributed by atoms with Crippen molar-refractivity contribution in [3.05, 3.63) is 53.6 Å². The van der Waals surface area contributed by atoms with E-state index in [1.807, 2.05) is 45.0 Å². The Morgan fingerprint density at radius 2 is 1.59 bits per heavy atom. The summed E-state index contributed by atoms with van der Waals surface area (Å²) in [6, 6.07) is 12.3. The van der Waals surface area contributed by atoms with E-state index in [2.05, 4.69) is 5.32 Å². The molecule has 0 heterocycles. The molecule has 32 heavy (non-hydrogen) atoms. The summed E-state index contributed by atoms with van der Waals surface area (Å²) in [6.07, 6.45) is 0.810. The Kier molecular flexibility index (Phi) is 9.38. The van der Waals surface area contributed by atoms with Gasteiger partial charge in [-0.05, 0) is 38.3 Å². The van der Waals surface area contributed by atoms with Crippen molar-refractivity contribution < 1.29 is 23.8 Å². The van der Waals surface area contributed by atoms with E-state index in [0.29, 0.717) is 23.8 Å². The average Bonchev–Trinajstić information content (AvgIpc) is 2.81. The van der Waals surface area contributed by atoms with Gasteiger partial charge in [-0.1, -0.05) is 31.2 Å². The van der Waals surface area contributed by atoms with Crippen molar-refractivity contribution >= 4 is 11.8 Å². The zero-order valence-electron chi connectivity index (χ0n) is 19.8. The van der Waals surface area contributed by atoms with Crippen molar-refractivity contribution in [3.63, 3.8) is 0 Å². The lowest BCUT2D eigenvalue weighted by Crippen LogP contribution is -2.50. The predicted octanol–water partition coefficient (Wildman–Crippen LogP) is 3.72. The van der Waals surface area contributed by atoms with Crippen LogP contribution < -0.4 is 19.5 Å². The zero-order valence-corrected chi connectivity index (χ0v) is 19.8. The third-order valence-electron chi connectivity index (χ3n) is 5.46. The van der Waals surface area contributed by atoms with Crippen LogP contribution in [0.25, 0.3) is 0 Å². The highest BCUT2D eigenvalue weighted by Gasteiger charge is 2.27. The van der Waals surface area contributed by atoms with E-state index in [4.69, 9.17) is 14.2 Å². The molecule has 0 bridgehead atoms. The number of nitrogens with one attached hydrogen (secondary N) is 1. The lowest BCUT2D eigenvalue weighted by molar-refractivity contribution is -0.142. The SMILES string of the molecule is CC[C@H](C)NC(=O)[C@@H](C)N(Cc1ccccc1C)C(=O)COc1cc(OC)cc(OC)c1. The van der Waals surface area contributed by atoms with E-state index in [1.165, 1.54) is 0 Å². The fourth-order valence-electron chi connectivity index (χ4n) is 3.11. The third-order valence-corrected chi connectivity index (χ3v) is 5.46. The van der Waals surface area contributed by atoms with Gasteiger partial charge in [-0.3, -0.25) is 9.59 Å². The molecule has 0 unspecified atom stereocenters. The van der Waals surface area contributed by atoms with Gasteiger partial charge in [-0.15, -0.1) is 0 Å². The number of aryl methyl sites for hydroxylation is 1. The quantitative estimate of drug-likeness (QED) is 0.574. The molecule has 0 saturated carbocycles. The summed E-state index contributed by atoms with van der Waals surface area (Å²) >= 11 is 0. The molecule has 0 aliphatic rings. The van der Waals surface area contributed by atoms with E-state index in [1.54, 1.807) is 44.2 Å². The van der Waals surface area contributed by atoms with Gasteiger partial charge >= 0.3 is 0 Å². The molecular weight excluding hydrogens is 408 g/mol. The summed E-state index contributed by atoms with van der Waals surface area (Å²) in [5, 5.41) is 2.96. The standard InChI is InChI=1S/C25H34N2O5/c1-7-18(3)26-25(29)19(4)27(15-20-11-9-8-10-17(20)2)24(28)16-32-23-13-21(30-5)12-22(14-23)31-6/h8-14,18-19H,7,15-16H2,1-6H3,(H,26,29)/t18-,19+/m0/s1. The molecule has 7 nitrogen and oxygen atoms in total. The molecule has 0 radical (unpaired) electrons. The molecule has 2 rings (SSSR count). The van der Waals surface area contributed by atoms with Crippen LogP contribution in [0.5, 0.6) is 17.2 Å². The van der Waals surface area contributed by atoms with E-state index < -0.39 is 6.04 Å². The molecule has 2 aromatic carbocycles. The van der Waals surface area contributed by atoms with Crippen LogP contribution >= 0.6 is 0 Å². The predicted molar refractivity (Wildman–Crippen MR) is 124 cm³/mol. The molecule has 0 aliphatic carbocycles. The Morgan fingerprint density at radius 1 is 1.00 bits per heavy atom. The van der Waals surface area contributed by atoms with E-state index in [9.17, 15) is 9.59 Å². The number of ether oxygens (including phenoxy) is 3. The van der Waals surface area contributed by atoms with E-state index >= 15 is 0 Å². The number of rotatable bonds is 11. The highest BCUT2D eigenvalue weighted by atomic mass is 16.5. The molecule has 0 fully saturated rings. The van der Waals surface area contributed by atoms with Gasteiger partial charge in [-0.25, -0.2) is 0 Å². The lowest BCUT2D eigenvalue weighted by Gasteiger charge is -2.30. The van der Waals surface area contributed by atoms with Crippen LogP contribution in [0.15, 0.2) is 42.5 Å². The average molecular weight is 443 g/mol. The maximum atomic E-state index is 13.2. The lowest BCUT2D eigenvalue weighted by atomic mass is 10.1. The fourth-order valence-corrected chi connectivity index (χ4v) is 3.11. The number of hydrogen-bond donors (Lipinski definition) is 1. The molecular formula is C25H34N2O5. The van der Waals surface area contributed by atoms with Crippen LogP contribution in [-0.2, 0) is 16.1 Å². The van der Waals surface area contributed by atoms with Crippen LogP contribution in [0.2, 0.25) is 0 Å². The zero-order chi connectivity index (χ0) is 23.7. The largest absolute Gasteiger partial charge is 0.496 e. The van der Waals surface area contributed by atoms with Gasteiger partial charge in [0.25, 0.3) is 5.91 Å². The van der Waals surface area contributed by atoms with Gasteiger partial charge in [0.2, 0.25) is 5.91 Å². The highest BCUT2D eigenvalue weighted by Crippen LogP contribution is 2.27. The summed E-state index contributed by atoms with van der Waals surface area (Å²) in [6.45, 7) is 7.76. The van der Waals surface area contributed by atoms with E-state index in [-0.39, 0.29) is 24.5 Å². The Balaban J connectivity index is 2.21. The summed E-state index contributed by atoms with van der Waals surface area (Å²) in [5.41, 5.74) is 2.03. The van der Waals surface area contributed by atoms with Crippen LogP contribution in [0.1, 0.15) is 38.3 Å². The molecule has 2 amide bonds. The molecule has 2 aromatic rings. The second kappa shape index (κ2) is 12.0. The van der Waals surface area contributed by atoms with Crippen molar-refractivity contribution in [2.45, 2.75) is 52.7 Å². The number of nitrogens with zero attached hydrogens (tertiary/aromatic N) is 1. The Labute approximate surface area is 190 Å². The molecule has 2 atom stereocenters. The molecule has 7 heteroatoms. The molecule has 1 N–H and O–H groups in total. The van der Waals surface area contributed by atoms with Gasteiger partial charge in [-0.2, -0.15) is 0 Å².